The van der Waals surface area contributed by atoms with Crippen molar-refractivity contribution in [3.05, 3.63) is 78.1 Å². The number of fused-ring (bicyclic) bond motifs is 1. The van der Waals surface area contributed by atoms with Crippen LogP contribution in [0.2, 0.25) is 0 Å². The molecule has 0 spiro atoms. The lowest BCUT2D eigenvalue weighted by Gasteiger charge is -2.11. The highest BCUT2D eigenvalue weighted by molar-refractivity contribution is 7.87. The van der Waals surface area contributed by atoms with Crippen molar-refractivity contribution < 1.29 is 31.2 Å². The van der Waals surface area contributed by atoms with Crippen LogP contribution in [0.5, 0.6) is 11.5 Å². The van der Waals surface area contributed by atoms with Gasteiger partial charge in [0, 0.05) is 0 Å². The van der Waals surface area contributed by atoms with Gasteiger partial charge in [0.25, 0.3) is 5.91 Å². The van der Waals surface area contributed by atoms with Gasteiger partial charge < -0.3 is 19.2 Å². The van der Waals surface area contributed by atoms with Crippen LogP contribution in [0.25, 0.3) is 22.6 Å². The number of halogens is 1. The van der Waals surface area contributed by atoms with Crippen molar-refractivity contribution in [3.63, 3.8) is 0 Å². The highest BCUT2D eigenvalue weighted by atomic mass is 32.2. The summed E-state index contributed by atoms with van der Waals surface area (Å²) < 4.78 is 54.9. The minimum absolute atomic E-state index is 0.0295. The van der Waals surface area contributed by atoms with E-state index in [2.05, 4.69) is 30.5 Å². The average molecular weight is 566 g/mol. The number of nitrogens with one attached hydrogen (secondary N) is 1. The molecular formula is C25H20FN7O6S. The second-order valence-corrected chi connectivity index (χ2v) is 9.75. The fourth-order valence-corrected chi connectivity index (χ4v) is 4.67. The lowest BCUT2D eigenvalue weighted by molar-refractivity contribution is -0.121. The molecule has 0 aliphatic rings. The zero-order valence-corrected chi connectivity index (χ0v) is 21.5. The third-order valence-electron chi connectivity index (χ3n) is 5.57. The third-order valence-corrected chi connectivity index (χ3v) is 6.82. The third kappa shape index (κ3) is 5.44. The molecule has 13 nitrogen and oxygen atoms in total. The van der Waals surface area contributed by atoms with Crippen LogP contribution in [0, 0.1) is 5.82 Å². The van der Waals surface area contributed by atoms with Crippen molar-refractivity contribution in [2.75, 3.05) is 12.8 Å². The molecule has 3 aromatic carbocycles. The first-order chi connectivity index (χ1) is 19.2. The number of hydrogen-bond donors (Lipinski definition) is 2. The Kier molecular flexibility index (Phi) is 7.11. The zero-order valence-electron chi connectivity index (χ0n) is 20.7. The molecule has 0 atom stereocenters. The molecule has 1 amide bonds. The number of para-hydroxylation sites is 2. The summed E-state index contributed by atoms with van der Waals surface area (Å²) in [6, 6.07) is 15.7. The van der Waals surface area contributed by atoms with Gasteiger partial charge in [0.2, 0.25) is 0 Å². The molecule has 15 heteroatoms. The normalized spacial score (nSPS) is 11.7. The molecule has 0 aliphatic heterocycles. The summed E-state index contributed by atoms with van der Waals surface area (Å²) >= 11 is 0. The maximum Gasteiger partial charge on any atom is 0.339 e. The van der Waals surface area contributed by atoms with E-state index in [0.29, 0.717) is 22.4 Å². The number of carbonyl (C=O) groups excluding carboxylic acids is 1. The molecule has 0 bridgehead atoms. The van der Waals surface area contributed by atoms with Crippen molar-refractivity contribution in [1.82, 2.24) is 25.3 Å². The summed E-state index contributed by atoms with van der Waals surface area (Å²) in [5.74, 6) is -0.726. The summed E-state index contributed by atoms with van der Waals surface area (Å²) in [6.45, 7) is -0.170. The number of benzene rings is 3. The second kappa shape index (κ2) is 10.8. The van der Waals surface area contributed by atoms with Crippen molar-refractivity contribution in [3.8, 4) is 23.0 Å². The number of anilines is 1. The van der Waals surface area contributed by atoms with Crippen LogP contribution in [0.4, 0.5) is 10.2 Å². The summed E-state index contributed by atoms with van der Waals surface area (Å²) in [5.41, 5.74) is 10.2. The molecule has 0 aliphatic carbocycles. The van der Waals surface area contributed by atoms with E-state index in [0.717, 1.165) is 24.3 Å². The number of aromatic nitrogens is 4. The Morgan fingerprint density at radius 2 is 1.90 bits per heavy atom. The van der Waals surface area contributed by atoms with E-state index in [9.17, 15) is 17.6 Å². The Morgan fingerprint density at radius 1 is 1.12 bits per heavy atom. The van der Waals surface area contributed by atoms with E-state index in [-0.39, 0.29) is 34.5 Å². The number of ether oxygens (including phenoxy) is 1. The van der Waals surface area contributed by atoms with Crippen molar-refractivity contribution in [1.29, 1.82) is 0 Å². The molecule has 0 unspecified atom stereocenters. The molecule has 0 saturated carbocycles. The minimum atomic E-state index is -4.23. The quantitative estimate of drug-likeness (QED) is 0.153. The Morgan fingerprint density at radius 3 is 2.62 bits per heavy atom. The molecule has 3 N–H and O–H groups in total. The van der Waals surface area contributed by atoms with Crippen molar-refractivity contribution in [2.45, 2.75) is 11.4 Å². The van der Waals surface area contributed by atoms with Crippen LogP contribution >= 0.6 is 0 Å². The SMILES string of the molecule is COc1cc(C=NNC(=O)Cn2c(-c3nonc3N)nc3ccccc32)ccc1OS(=O)(=O)c1ccc(F)cc1. The van der Waals surface area contributed by atoms with Crippen LogP contribution in [-0.4, -0.2) is 47.5 Å². The number of nitrogens with zero attached hydrogens (tertiary/aromatic N) is 5. The lowest BCUT2D eigenvalue weighted by Crippen LogP contribution is -2.23. The van der Waals surface area contributed by atoms with Crippen LogP contribution in [-0.2, 0) is 21.5 Å². The first-order valence-electron chi connectivity index (χ1n) is 11.5. The fraction of sp³-hybridized carbons (Fsp3) is 0.0800. The van der Waals surface area contributed by atoms with Gasteiger partial charge in [-0.1, -0.05) is 12.1 Å². The number of hydrogen-bond acceptors (Lipinski definition) is 11. The van der Waals surface area contributed by atoms with E-state index >= 15 is 0 Å². The van der Waals surface area contributed by atoms with Crippen LogP contribution in [0.3, 0.4) is 0 Å². The van der Waals surface area contributed by atoms with Gasteiger partial charge in [-0.25, -0.2) is 19.4 Å². The number of nitrogens with two attached hydrogens (primary N) is 1. The van der Waals surface area contributed by atoms with E-state index in [1.54, 1.807) is 28.8 Å². The smallest absolute Gasteiger partial charge is 0.339 e. The molecule has 40 heavy (non-hydrogen) atoms. The Balaban J connectivity index is 1.30. The van der Waals surface area contributed by atoms with Crippen LogP contribution < -0.4 is 20.1 Å². The van der Waals surface area contributed by atoms with E-state index in [1.165, 1.54) is 31.5 Å². The maximum atomic E-state index is 13.2. The first kappa shape index (κ1) is 26.3. The van der Waals surface area contributed by atoms with Gasteiger partial charge >= 0.3 is 10.1 Å². The fourth-order valence-electron chi connectivity index (χ4n) is 3.73. The monoisotopic (exact) mass is 565 g/mol. The number of rotatable bonds is 9. The largest absolute Gasteiger partial charge is 0.493 e. The Bertz CT molecular complexity index is 1830. The van der Waals surface area contributed by atoms with Crippen molar-refractivity contribution in [2.24, 2.45) is 5.10 Å². The number of carbonyl (C=O) groups is 1. The van der Waals surface area contributed by atoms with Crippen molar-refractivity contribution >= 4 is 39.1 Å². The number of amides is 1. The first-order valence-corrected chi connectivity index (χ1v) is 12.9. The molecule has 0 saturated heterocycles. The average Bonchev–Trinajstić information content (AvgIpc) is 3.52. The zero-order chi connectivity index (χ0) is 28.3. The maximum absolute atomic E-state index is 13.2. The number of hydrazone groups is 1. The van der Waals surface area contributed by atoms with E-state index < -0.39 is 21.8 Å². The van der Waals surface area contributed by atoms with Gasteiger partial charge in [0.1, 0.15) is 17.3 Å². The number of nitrogen functional groups attached to an aromatic ring is 1. The Hall–Kier alpha value is -5.31. The number of imidazole rings is 1. The van der Waals surface area contributed by atoms with E-state index in [4.69, 9.17) is 14.7 Å². The molecule has 2 heterocycles. The standard InChI is InChI=1S/C25H20FN7O6S/c1-37-21-12-15(6-11-20(21)38-40(35,36)17-9-7-16(26)8-10-17)13-28-30-22(34)14-33-19-5-3-2-4-18(19)29-25(33)23-24(27)32-39-31-23/h2-13H,14H2,1H3,(H2,27,32)(H,30,34). The number of methoxy groups -OCH3 is 1. The molecule has 5 aromatic rings. The predicted octanol–water partition coefficient (Wildman–Crippen LogP) is 2.73. The molecule has 5 rings (SSSR count). The Labute approximate surface area is 226 Å². The van der Waals surface area contributed by atoms with Gasteiger partial charge in [-0.3, -0.25) is 4.79 Å². The minimum Gasteiger partial charge on any atom is -0.493 e. The van der Waals surface area contributed by atoms with Gasteiger partial charge in [-0.2, -0.15) is 13.5 Å². The topological polar surface area (TPSA) is 177 Å². The van der Waals surface area contributed by atoms with Gasteiger partial charge in [-0.15, -0.1) is 0 Å². The van der Waals surface area contributed by atoms with Gasteiger partial charge in [-0.05, 0) is 70.5 Å². The summed E-state index contributed by atoms with van der Waals surface area (Å²) in [4.78, 5) is 17.0. The predicted molar refractivity (Wildman–Crippen MR) is 140 cm³/mol. The highest BCUT2D eigenvalue weighted by Crippen LogP contribution is 2.30. The van der Waals surface area contributed by atoms with Gasteiger partial charge in [0.05, 0.1) is 24.4 Å². The van der Waals surface area contributed by atoms with E-state index in [1.807, 2.05) is 0 Å². The summed E-state index contributed by atoms with van der Waals surface area (Å²) in [5, 5.41) is 11.3. The summed E-state index contributed by atoms with van der Waals surface area (Å²) in [7, 11) is -2.90. The van der Waals surface area contributed by atoms with Crippen LogP contribution in [0.1, 0.15) is 5.56 Å². The molecule has 0 radical (unpaired) electrons. The second-order valence-electron chi connectivity index (χ2n) is 8.20. The van der Waals surface area contributed by atoms with Gasteiger partial charge in [0.15, 0.2) is 28.8 Å². The molecule has 204 valence electrons. The molecular weight excluding hydrogens is 545 g/mol. The molecule has 2 aromatic heterocycles. The van der Waals surface area contributed by atoms with Crippen LogP contribution in [0.15, 0.2) is 81.4 Å². The lowest BCUT2D eigenvalue weighted by atomic mass is 10.2. The summed E-state index contributed by atoms with van der Waals surface area (Å²) in [6.07, 6.45) is 1.34. The molecule has 0 fully saturated rings. The highest BCUT2D eigenvalue weighted by Gasteiger charge is 2.21.